The first-order valence-electron chi connectivity index (χ1n) is 9.13. The van der Waals surface area contributed by atoms with Crippen molar-refractivity contribution in [2.45, 2.75) is 37.8 Å². The van der Waals surface area contributed by atoms with Gasteiger partial charge in [-0.1, -0.05) is 6.07 Å². The molecule has 4 N–H and O–H groups in total. The van der Waals surface area contributed by atoms with Gasteiger partial charge in [0.2, 0.25) is 0 Å². The van der Waals surface area contributed by atoms with Crippen LogP contribution in [0.5, 0.6) is 5.88 Å². The van der Waals surface area contributed by atoms with Gasteiger partial charge in [-0.25, -0.2) is 14.5 Å². The summed E-state index contributed by atoms with van der Waals surface area (Å²) < 4.78 is 1.78. The molecule has 4 aromatic rings. The summed E-state index contributed by atoms with van der Waals surface area (Å²) in [5.41, 5.74) is 2.45. The van der Waals surface area contributed by atoms with E-state index in [2.05, 4.69) is 25.4 Å². The summed E-state index contributed by atoms with van der Waals surface area (Å²) in [6, 6.07) is 6.08. The number of fused-ring (bicyclic) bond motifs is 2. The van der Waals surface area contributed by atoms with Crippen molar-refractivity contribution >= 4 is 22.2 Å². The van der Waals surface area contributed by atoms with Crippen LogP contribution in [0.4, 0.5) is 5.82 Å². The standard InChI is InChI=1S/C19H20N6O2/c26-14-4-2-13(3-5-14)24-17-18-22-10-23-25(18)16(9-20-17)11-1-6-15-12(7-11)8-21-19(15)27/h1,6-10,13-14,21,26-27H,2-5H2,(H,20,24). The van der Waals surface area contributed by atoms with Crippen LogP contribution >= 0.6 is 0 Å². The van der Waals surface area contributed by atoms with E-state index in [0.717, 1.165) is 47.7 Å². The van der Waals surface area contributed by atoms with Crippen molar-refractivity contribution in [3.8, 4) is 17.1 Å². The number of aliphatic hydroxyl groups excluding tert-OH is 1. The number of benzene rings is 1. The topological polar surface area (TPSA) is 111 Å². The predicted octanol–water partition coefficient (Wildman–Crippen LogP) is 2.69. The SMILES string of the molecule is Oc1[nH]cc2cc(-c3cnc(NC4CCC(O)CC4)c4ncnn34)ccc12. The van der Waals surface area contributed by atoms with Crippen molar-refractivity contribution in [2.24, 2.45) is 0 Å². The normalized spacial score (nSPS) is 20.3. The third-order valence-corrected chi connectivity index (χ3v) is 5.31. The molecule has 1 aliphatic rings. The Morgan fingerprint density at radius 2 is 2.00 bits per heavy atom. The van der Waals surface area contributed by atoms with E-state index in [-0.39, 0.29) is 18.0 Å². The number of aliphatic hydroxyl groups is 1. The molecule has 0 saturated heterocycles. The van der Waals surface area contributed by atoms with Gasteiger partial charge in [-0.15, -0.1) is 0 Å². The summed E-state index contributed by atoms with van der Waals surface area (Å²) in [4.78, 5) is 11.8. The number of nitrogens with zero attached hydrogens (tertiary/aromatic N) is 4. The third kappa shape index (κ3) is 2.78. The van der Waals surface area contributed by atoms with Gasteiger partial charge in [0.05, 0.1) is 18.0 Å². The van der Waals surface area contributed by atoms with Crippen LogP contribution in [0.15, 0.2) is 36.9 Å². The Bertz CT molecular complexity index is 1110. The second kappa shape index (κ2) is 6.24. The fourth-order valence-corrected chi connectivity index (χ4v) is 3.81. The quantitative estimate of drug-likeness (QED) is 0.445. The smallest absolute Gasteiger partial charge is 0.198 e. The van der Waals surface area contributed by atoms with Crippen molar-refractivity contribution in [2.75, 3.05) is 5.32 Å². The molecular weight excluding hydrogens is 344 g/mol. The number of hydrogen-bond donors (Lipinski definition) is 4. The molecule has 0 aliphatic heterocycles. The van der Waals surface area contributed by atoms with Gasteiger partial charge >= 0.3 is 0 Å². The van der Waals surface area contributed by atoms with Crippen LogP contribution in [-0.4, -0.2) is 46.9 Å². The fourth-order valence-electron chi connectivity index (χ4n) is 3.81. The molecule has 1 fully saturated rings. The van der Waals surface area contributed by atoms with Crippen LogP contribution < -0.4 is 5.32 Å². The number of rotatable bonds is 3. The molecule has 0 radical (unpaired) electrons. The first kappa shape index (κ1) is 16.1. The lowest BCUT2D eigenvalue weighted by atomic mass is 9.93. The summed E-state index contributed by atoms with van der Waals surface area (Å²) in [6.07, 6.45) is 8.34. The summed E-state index contributed by atoms with van der Waals surface area (Å²) in [6.45, 7) is 0. The molecule has 8 nitrogen and oxygen atoms in total. The summed E-state index contributed by atoms with van der Waals surface area (Å²) in [5, 5.41) is 29.0. The van der Waals surface area contributed by atoms with Crippen molar-refractivity contribution in [3.63, 3.8) is 0 Å². The number of aromatic hydroxyl groups is 1. The molecule has 0 spiro atoms. The monoisotopic (exact) mass is 364 g/mol. The zero-order valence-corrected chi connectivity index (χ0v) is 14.6. The second-order valence-electron chi connectivity index (χ2n) is 7.08. The van der Waals surface area contributed by atoms with E-state index in [0.29, 0.717) is 11.5 Å². The lowest BCUT2D eigenvalue weighted by molar-refractivity contribution is 0.126. The van der Waals surface area contributed by atoms with Crippen molar-refractivity contribution in [1.82, 2.24) is 24.6 Å². The zero-order chi connectivity index (χ0) is 18.4. The van der Waals surface area contributed by atoms with Gasteiger partial charge < -0.3 is 20.5 Å². The Labute approximate surface area is 154 Å². The maximum Gasteiger partial charge on any atom is 0.198 e. The molecule has 1 aliphatic carbocycles. The Kier molecular flexibility index (Phi) is 3.71. The van der Waals surface area contributed by atoms with Crippen LogP contribution in [0, 0.1) is 0 Å². The molecule has 0 bridgehead atoms. The maximum atomic E-state index is 9.80. The second-order valence-corrected chi connectivity index (χ2v) is 7.08. The third-order valence-electron chi connectivity index (χ3n) is 5.31. The molecule has 27 heavy (non-hydrogen) atoms. The molecule has 3 heterocycles. The molecule has 0 unspecified atom stereocenters. The van der Waals surface area contributed by atoms with Gasteiger partial charge in [0.1, 0.15) is 6.33 Å². The van der Waals surface area contributed by atoms with E-state index in [9.17, 15) is 10.2 Å². The fraction of sp³-hybridized carbons (Fsp3) is 0.316. The van der Waals surface area contributed by atoms with Crippen LogP contribution in [0.1, 0.15) is 25.7 Å². The minimum absolute atomic E-state index is 0.165. The lowest BCUT2D eigenvalue weighted by Gasteiger charge is -2.26. The first-order chi connectivity index (χ1) is 13.2. The molecule has 1 saturated carbocycles. The van der Waals surface area contributed by atoms with E-state index in [1.54, 1.807) is 16.9 Å². The number of aromatic nitrogens is 5. The highest BCUT2D eigenvalue weighted by Gasteiger charge is 2.21. The molecule has 0 atom stereocenters. The number of nitrogens with one attached hydrogen (secondary N) is 2. The van der Waals surface area contributed by atoms with E-state index in [4.69, 9.17) is 0 Å². The summed E-state index contributed by atoms with van der Waals surface area (Å²) in [5.74, 6) is 0.871. The summed E-state index contributed by atoms with van der Waals surface area (Å²) >= 11 is 0. The highest BCUT2D eigenvalue weighted by atomic mass is 16.3. The highest BCUT2D eigenvalue weighted by molar-refractivity contribution is 5.91. The number of aromatic amines is 1. The number of anilines is 1. The number of H-pyrrole nitrogens is 1. The highest BCUT2D eigenvalue weighted by Crippen LogP contribution is 2.30. The van der Waals surface area contributed by atoms with E-state index in [1.807, 2.05) is 18.2 Å². The van der Waals surface area contributed by atoms with Crippen molar-refractivity contribution < 1.29 is 10.2 Å². The Morgan fingerprint density at radius 3 is 2.85 bits per heavy atom. The average molecular weight is 364 g/mol. The van der Waals surface area contributed by atoms with E-state index in [1.165, 1.54) is 6.33 Å². The van der Waals surface area contributed by atoms with Crippen molar-refractivity contribution in [3.05, 3.63) is 36.9 Å². The Morgan fingerprint density at radius 1 is 1.15 bits per heavy atom. The van der Waals surface area contributed by atoms with Gasteiger partial charge in [-0.05, 0) is 37.8 Å². The Hall–Kier alpha value is -3.13. The van der Waals surface area contributed by atoms with Crippen LogP contribution in [-0.2, 0) is 0 Å². The molecular formula is C19H20N6O2. The van der Waals surface area contributed by atoms with E-state index >= 15 is 0 Å². The van der Waals surface area contributed by atoms with Crippen LogP contribution in [0.3, 0.4) is 0 Å². The number of hydrogen-bond acceptors (Lipinski definition) is 6. The molecule has 5 rings (SSSR count). The zero-order valence-electron chi connectivity index (χ0n) is 14.6. The van der Waals surface area contributed by atoms with E-state index < -0.39 is 0 Å². The average Bonchev–Trinajstić information content (AvgIpc) is 3.31. The lowest BCUT2D eigenvalue weighted by Crippen LogP contribution is -2.28. The molecule has 1 aromatic carbocycles. The molecule has 8 heteroatoms. The van der Waals surface area contributed by atoms with Gasteiger partial charge in [-0.3, -0.25) is 0 Å². The van der Waals surface area contributed by atoms with Gasteiger partial charge in [0, 0.05) is 28.6 Å². The van der Waals surface area contributed by atoms with Crippen LogP contribution in [0.2, 0.25) is 0 Å². The van der Waals surface area contributed by atoms with Gasteiger partial charge in [0.25, 0.3) is 0 Å². The predicted molar refractivity (Wildman–Crippen MR) is 102 cm³/mol. The van der Waals surface area contributed by atoms with Gasteiger partial charge in [-0.2, -0.15) is 5.10 Å². The van der Waals surface area contributed by atoms with Crippen molar-refractivity contribution in [1.29, 1.82) is 0 Å². The minimum atomic E-state index is -0.186. The first-order valence-corrected chi connectivity index (χ1v) is 9.13. The minimum Gasteiger partial charge on any atom is -0.494 e. The summed E-state index contributed by atoms with van der Waals surface area (Å²) in [7, 11) is 0. The Balaban J connectivity index is 1.51. The van der Waals surface area contributed by atoms with Gasteiger partial charge in [0.15, 0.2) is 17.3 Å². The largest absolute Gasteiger partial charge is 0.494 e. The molecule has 138 valence electrons. The molecule has 3 aromatic heterocycles. The maximum absolute atomic E-state index is 9.80. The molecule has 0 amide bonds. The van der Waals surface area contributed by atoms with Crippen LogP contribution in [0.25, 0.3) is 27.7 Å².